The summed E-state index contributed by atoms with van der Waals surface area (Å²) < 4.78 is 14.7. The molecule has 2 atom stereocenters. The van der Waals surface area contributed by atoms with Gasteiger partial charge in [0.1, 0.15) is 0 Å². The van der Waals surface area contributed by atoms with Crippen molar-refractivity contribution in [2.75, 3.05) is 0 Å². The molecule has 98 valence electrons. The second-order valence-electron chi connectivity index (χ2n) is 4.97. The molecular weight excluding hydrogens is 268 g/mol. The van der Waals surface area contributed by atoms with E-state index in [2.05, 4.69) is 10.8 Å². The Labute approximate surface area is 116 Å². The number of halogens is 1. The van der Waals surface area contributed by atoms with Crippen LogP contribution in [0.5, 0.6) is 0 Å². The molecular formula is C13H17ClN2OS. The molecule has 1 N–H and O–H groups in total. The highest BCUT2D eigenvalue weighted by Crippen LogP contribution is 2.21. The molecule has 0 fully saturated rings. The molecule has 0 aromatic heterocycles. The third-order valence-electron chi connectivity index (χ3n) is 2.37. The van der Waals surface area contributed by atoms with Gasteiger partial charge in [-0.3, -0.25) is 0 Å². The lowest BCUT2D eigenvalue weighted by atomic mass is 10.1. The maximum atomic E-state index is 12.1. The van der Waals surface area contributed by atoms with Crippen LogP contribution in [-0.2, 0) is 11.0 Å². The van der Waals surface area contributed by atoms with Gasteiger partial charge >= 0.3 is 0 Å². The molecule has 1 aromatic rings. The van der Waals surface area contributed by atoms with Crippen molar-refractivity contribution in [3.8, 4) is 6.07 Å². The van der Waals surface area contributed by atoms with Crippen LogP contribution in [0.1, 0.15) is 38.8 Å². The summed E-state index contributed by atoms with van der Waals surface area (Å²) in [7, 11) is -1.21. The summed E-state index contributed by atoms with van der Waals surface area (Å²) in [5.74, 6) is 0. The highest BCUT2D eigenvalue weighted by molar-refractivity contribution is 7.84. The number of nitriles is 1. The smallest absolute Gasteiger partial charge is 0.0976 e. The first-order valence-electron chi connectivity index (χ1n) is 5.65. The fourth-order valence-electron chi connectivity index (χ4n) is 1.32. The number of nitrogens with zero attached hydrogens (tertiary/aromatic N) is 1. The van der Waals surface area contributed by atoms with Crippen LogP contribution in [-0.4, -0.2) is 8.96 Å². The lowest BCUT2D eigenvalue weighted by Crippen LogP contribution is -2.35. The van der Waals surface area contributed by atoms with Crippen LogP contribution >= 0.6 is 11.6 Å². The van der Waals surface area contributed by atoms with Gasteiger partial charge in [0.2, 0.25) is 0 Å². The standard InChI is InChI=1S/C13H17ClN2OS/c1-13(2,3)18(17)16-12(8-9-15)10-4-6-11(14)7-5-10/h4-7,12,16H,8H2,1-3H3/t12-,18?/m1/s1. The number of hydrogen-bond acceptors (Lipinski definition) is 2. The molecule has 0 aliphatic rings. The first kappa shape index (κ1) is 15.2. The molecule has 5 heteroatoms. The predicted octanol–water partition coefficient (Wildman–Crippen LogP) is 3.35. The Balaban J connectivity index is 2.87. The van der Waals surface area contributed by atoms with Crippen molar-refractivity contribution in [3.63, 3.8) is 0 Å². The van der Waals surface area contributed by atoms with Gasteiger partial charge in [0, 0.05) is 5.02 Å². The topological polar surface area (TPSA) is 52.9 Å². The summed E-state index contributed by atoms with van der Waals surface area (Å²) in [6.07, 6.45) is 0.267. The molecule has 1 unspecified atom stereocenters. The Morgan fingerprint density at radius 2 is 1.94 bits per heavy atom. The minimum atomic E-state index is -1.21. The van der Waals surface area contributed by atoms with Crippen molar-refractivity contribution in [1.29, 1.82) is 5.26 Å². The second-order valence-corrected chi connectivity index (χ2v) is 7.40. The van der Waals surface area contributed by atoms with Crippen LogP contribution in [0.4, 0.5) is 0 Å². The Morgan fingerprint density at radius 3 is 2.39 bits per heavy atom. The molecule has 0 aliphatic carbocycles. The van der Waals surface area contributed by atoms with Crippen LogP contribution in [0.15, 0.2) is 24.3 Å². The Hall–Kier alpha value is -0.890. The maximum absolute atomic E-state index is 12.1. The summed E-state index contributed by atoms with van der Waals surface area (Å²) in [4.78, 5) is 0. The fourth-order valence-corrected chi connectivity index (χ4v) is 2.28. The zero-order valence-electron chi connectivity index (χ0n) is 10.7. The van der Waals surface area contributed by atoms with Gasteiger partial charge in [-0.2, -0.15) is 5.26 Å². The van der Waals surface area contributed by atoms with Gasteiger partial charge in [0.15, 0.2) is 0 Å². The molecule has 18 heavy (non-hydrogen) atoms. The SMILES string of the molecule is CC(C)(C)S(=O)N[C@H](CC#N)c1ccc(Cl)cc1. The normalized spacial score (nSPS) is 14.8. The highest BCUT2D eigenvalue weighted by Gasteiger charge is 2.23. The molecule has 1 aromatic carbocycles. The van der Waals surface area contributed by atoms with Crippen LogP contribution in [0.2, 0.25) is 5.02 Å². The second kappa shape index (κ2) is 6.33. The lowest BCUT2D eigenvalue weighted by molar-refractivity contribution is 0.603. The molecule has 3 nitrogen and oxygen atoms in total. The van der Waals surface area contributed by atoms with E-state index in [1.807, 2.05) is 32.9 Å². The molecule has 0 spiro atoms. The van der Waals surface area contributed by atoms with E-state index in [0.29, 0.717) is 5.02 Å². The summed E-state index contributed by atoms with van der Waals surface area (Å²) in [6, 6.07) is 9.09. The number of benzene rings is 1. The van der Waals surface area contributed by atoms with Gasteiger partial charge in [0.05, 0.1) is 34.3 Å². The van der Waals surface area contributed by atoms with Crippen molar-refractivity contribution >= 4 is 22.6 Å². The zero-order valence-corrected chi connectivity index (χ0v) is 12.3. The van der Waals surface area contributed by atoms with E-state index in [-0.39, 0.29) is 17.2 Å². The van der Waals surface area contributed by atoms with Crippen molar-refractivity contribution in [1.82, 2.24) is 4.72 Å². The summed E-state index contributed by atoms with van der Waals surface area (Å²) in [5.41, 5.74) is 0.915. The first-order chi connectivity index (χ1) is 8.34. The van der Waals surface area contributed by atoms with E-state index in [1.165, 1.54) is 0 Å². The lowest BCUT2D eigenvalue weighted by Gasteiger charge is -2.23. The van der Waals surface area contributed by atoms with Crippen LogP contribution < -0.4 is 4.72 Å². The van der Waals surface area contributed by atoms with E-state index < -0.39 is 11.0 Å². The van der Waals surface area contributed by atoms with Gasteiger partial charge in [-0.05, 0) is 38.5 Å². The predicted molar refractivity (Wildman–Crippen MR) is 75.5 cm³/mol. The third-order valence-corrected chi connectivity index (χ3v) is 4.24. The molecule has 0 heterocycles. The largest absolute Gasteiger partial charge is 0.242 e. The number of hydrogen-bond donors (Lipinski definition) is 1. The highest BCUT2D eigenvalue weighted by atomic mass is 35.5. The van der Waals surface area contributed by atoms with E-state index in [0.717, 1.165) is 5.56 Å². The molecule has 0 saturated heterocycles. The first-order valence-corrected chi connectivity index (χ1v) is 7.18. The van der Waals surface area contributed by atoms with Crippen molar-refractivity contribution in [3.05, 3.63) is 34.9 Å². The summed E-state index contributed by atoms with van der Waals surface area (Å²) in [6.45, 7) is 5.67. The van der Waals surface area contributed by atoms with Gasteiger partial charge in [-0.1, -0.05) is 23.7 Å². The minimum Gasteiger partial charge on any atom is -0.242 e. The molecule has 0 radical (unpaired) electrons. The third kappa shape index (κ3) is 4.41. The van der Waals surface area contributed by atoms with Gasteiger partial charge in [-0.25, -0.2) is 8.93 Å². The van der Waals surface area contributed by atoms with Crippen molar-refractivity contribution in [2.24, 2.45) is 0 Å². The minimum absolute atomic E-state index is 0.243. The van der Waals surface area contributed by atoms with Crippen molar-refractivity contribution < 1.29 is 4.21 Å². The van der Waals surface area contributed by atoms with Gasteiger partial charge in [-0.15, -0.1) is 0 Å². The number of nitrogens with one attached hydrogen (secondary N) is 1. The summed E-state index contributed by atoms with van der Waals surface area (Å²) in [5, 5.41) is 9.50. The van der Waals surface area contributed by atoms with Crippen LogP contribution in [0, 0.1) is 11.3 Å². The molecule has 0 saturated carbocycles. The zero-order chi connectivity index (χ0) is 13.8. The quantitative estimate of drug-likeness (QED) is 0.922. The molecule has 1 rings (SSSR count). The van der Waals surface area contributed by atoms with Crippen LogP contribution in [0.25, 0.3) is 0 Å². The molecule has 0 aliphatic heterocycles. The van der Waals surface area contributed by atoms with Gasteiger partial charge in [0.25, 0.3) is 0 Å². The van der Waals surface area contributed by atoms with E-state index in [9.17, 15) is 4.21 Å². The van der Waals surface area contributed by atoms with Gasteiger partial charge < -0.3 is 0 Å². The van der Waals surface area contributed by atoms with E-state index in [1.54, 1.807) is 12.1 Å². The Kier molecular flexibility index (Phi) is 5.33. The maximum Gasteiger partial charge on any atom is 0.0976 e. The monoisotopic (exact) mass is 284 g/mol. The Bertz CT molecular complexity index is 459. The molecule has 0 bridgehead atoms. The van der Waals surface area contributed by atoms with E-state index >= 15 is 0 Å². The van der Waals surface area contributed by atoms with E-state index in [4.69, 9.17) is 16.9 Å². The van der Waals surface area contributed by atoms with Crippen molar-refractivity contribution in [2.45, 2.75) is 38.0 Å². The average molecular weight is 285 g/mol. The Morgan fingerprint density at radius 1 is 1.39 bits per heavy atom. The number of rotatable bonds is 4. The average Bonchev–Trinajstić information content (AvgIpc) is 2.28. The summed E-state index contributed by atoms with van der Waals surface area (Å²) >= 11 is 5.83. The fraction of sp³-hybridized carbons (Fsp3) is 0.462. The van der Waals surface area contributed by atoms with Crippen LogP contribution in [0.3, 0.4) is 0 Å². The molecule has 0 amide bonds.